The number of tetrazole rings is 1. The molecule has 42 heavy (non-hydrogen) atoms. The molecule has 0 spiro atoms. The Morgan fingerprint density at radius 1 is 1.21 bits per heavy atom. The van der Waals surface area contributed by atoms with Crippen molar-refractivity contribution in [3.63, 3.8) is 0 Å². The number of aromatic nitrogens is 7. The molecule has 4 aromatic rings. The van der Waals surface area contributed by atoms with Crippen LogP contribution in [-0.4, -0.2) is 53.4 Å². The highest BCUT2D eigenvalue weighted by Crippen LogP contribution is 2.29. The van der Waals surface area contributed by atoms with Gasteiger partial charge in [-0.3, -0.25) is 14.4 Å². The summed E-state index contributed by atoms with van der Waals surface area (Å²) in [6.45, 7) is 1.57. The smallest absolute Gasteiger partial charge is 0.320 e. The van der Waals surface area contributed by atoms with Gasteiger partial charge in [-0.25, -0.2) is 15.1 Å². The van der Waals surface area contributed by atoms with Crippen molar-refractivity contribution >= 4 is 29.1 Å². The van der Waals surface area contributed by atoms with E-state index in [2.05, 4.69) is 36.3 Å². The lowest BCUT2D eigenvalue weighted by Gasteiger charge is -2.15. The van der Waals surface area contributed by atoms with Gasteiger partial charge in [0, 0.05) is 6.20 Å². The number of pyridine rings is 1. The number of nitrogens with one attached hydrogen (secondary N) is 2. The molecule has 0 atom stereocenters. The van der Waals surface area contributed by atoms with Crippen LogP contribution in [0.3, 0.4) is 0 Å². The maximum Gasteiger partial charge on any atom is 0.455 e. The molecule has 0 saturated heterocycles. The molecular weight excluding hydrogens is 581 g/mol. The van der Waals surface area contributed by atoms with Gasteiger partial charge < -0.3 is 5.32 Å². The zero-order chi connectivity index (χ0) is 30.0. The maximum absolute atomic E-state index is 13.6. The Hall–Kier alpha value is -4.88. The third-order valence-electron chi connectivity index (χ3n) is 6.07. The third-order valence-corrected chi connectivity index (χ3v) is 6.37. The van der Waals surface area contributed by atoms with Crippen molar-refractivity contribution in [2.45, 2.75) is 32.5 Å². The lowest BCUT2D eigenvalue weighted by molar-refractivity contribution is -0.145. The van der Waals surface area contributed by atoms with Crippen molar-refractivity contribution in [1.82, 2.24) is 40.5 Å². The average Bonchev–Trinajstić information content (AvgIpc) is 3.47. The summed E-state index contributed by atoms with van der Waals surface area (Å²) in [6, 6.07) is 9.13. The van der Waals surface area contributed by atoms with E-state index in [-0.39, 0.29) is 45.6 Å². The van der Waals surface area contributed by atoms with E-state index in [1.165, 1.54) is 30.5 Å². The molecule has 13 nitrogen and oxygen atoms in total. The van der Waals surface area contributed by atoms with E-state index in [0.29, 0.717) is 22.9 Å². The minimum Gasteiger partial charge on any atom is -0.320 e. The molecule has 2 amide bonds. The molecule has 2 N–H and O–H groups in total. The van der Waals surface area contributed by atoms with Gasteiger partial charge in [0.15, 0.2) is 5.82 Å². The van der Waals surface area contributed by atoms with Gasteiger partial charge in [-0.15, -0.1) is 10.2 Å². The number of anilines is 1. The van der Waals surface area contributed by atoms with Gasteiger partial charge in [-0.05, 0) is 66.8 Å². The number of carbonyl (C=O) groups excluding carboxylic acids is 2. The molecule has 3 aromatic heterocycles. The lowest BCUT2D eigenvalue weighted by Crippen LogP contribution is -2.27. The summed E-state index contributed by atoms with van der Waals surface area (Å²) in [5.74, 6) is -2.45. The Morgan fingerprint density at radius 3 is 2.67 bits per heavy atom. The number of benzene rings is 1. The topological polar surface area (TPSA) is 166 Å². The number of carbonyl (C=O) groups is 2. The van der Waals surface area contributed by atoms with Crippen molar-refractivity contribution in [2.24, 2.45) is 5.92 Å². The fourth-order valence-electron chi connectivity index (χ4n) is 3.87. The molecule has 3 heterocycles. The third kappa shape index (κ3) is 6.37. The van der Waals surface area contributed by atoms with Gasteiger partial charge in [0.2, 0.25) is 0 Å². The summed E-state index contributed by atoms with van der Waals surface area (Å²) < 4.78 is 39.9. The number of alkyl halides is 3. The SMILES string of the molecule is Cc1cc(C#N)cc(C(=O)NOCC2CC2)c1NC(=O)c1cc(Cn2nnc(C(F)(F)F)n2)nn1-c1ncccc1Cl. The predicted octanol–water partition coefficient (Wildman–Crippen LogP) is 3.48. The molecule has 17 heteroatoms. The number of hydroxylamine groups is 1. The summed E-state index contributed by atoms with van der Waals surface area (Å²) in [5, 5.41) is 26.2. The molecule has 1 aromatic carbocycles. The van der Waals surface area contributed by atoms with Crippen LogP contribution in [0.1, 0.15) is 56.3 Å². The van der Waals surface area contributed by atoms with Crippen LogP contribution < -0.4 is 10.8 Å². The molecule has 5 rings (SSSR count). The minimum atomic E-state index is -4.80. The standard InChI is InChI=1S/C25H20ClF3N10O3/c1-13-7-15(10-30)8-17(22(40)36-42-12-14-4-5-14)20(13)32-23(41)19-9-16(11-38-35-24(33-37-38)25(27,28)29)34-39(19)21-18(26)3-2-6-31-21/h2-3,6-9,14H,4-5,11-12H2,1H3,(H,32,41)(H,36,40). The number of halogens is 4. The van der Waals surface area contributed by atoms with Crippen molar-refractivity contribution in [1.29, 1.82) is 5.26 Å². The van der Waals surface area contributed by atoms with Gasteiger partial charge in [-0.2, -0.15) is 28.3 Å². The first kappa shape index (κ1) is 28.6. The number of hydrogen-bond donors (Lipinski definition) is 2. The van der Waals surface area contributed by atoms with E-state index in [4.69, 9.17) is 16.4 Å². The Labute approximate surface area is 240 Å². The largest absolute Gasteiger partial charge is 0.455 e. The Kier molecular flexibility index (Phi) is 7.87. The first-order valence-electron chi connectivity index (χ1n) is 12.4. The van der Waals surface area contributed by atoms with Gasteiger partial charge in [0.05, 0.1) is 40.2 Å². The zero-order valence-corrected chi connectivity index (χ0v) is 22.4. The zero-order valence-electron chi connectivity index (χ0n) is 21.7. The molecule has 0 aliphatic heterocycles. The van der Waals surface area contributed by atoms with E-state index in [1.54, 1.807) is 13.0 Å². The summed E-state index contributed by atoms with van der Waals surface area (Å²) >= 11 is 6.30. The summed E-state index contributed by atoms with van der Waals surface area (Å²) in [4.78, 5) is 36.7. The molecular formula is C25H20ClF3N10O3. The molecule has 1 fully saturated rings. The van der Waals surface area contributed by atoms with Crippen molar-refractivity contribution in [2.75, 3.05) is 11.9 Å². The van der Waals surface area contributed by atoms with Crippen molar-refractivity contribution < 1.29 is 27.6 Å². The first-order chi connectivity index (χ1) is 20.0. The number of rotatable bonds is 9. The quantitative estimate of drug-likeness (QED) is 0.273. The van der Waals surface area contributed by atoms with Gasteiger partial charge >= 0.3 is 6.18 Å². The van der Waals surface area contributed by atoms with Gasteiger partial charge in [0.25, 0.3) is 17.6 Å². The van der Waals surface area contributed by atoms with E-state index in [0.717, 1.165) is 17.5 Å². The van der Waals surface area contributed by atoms with Gasteiger partial charge in [-0.1, -0.05) is 11.6 Å². The molecule has 0 radical (unpaired) electrons. The van der Waals surface area contributed by atoms with Crippen LogP contribution in [0.5, 0.6) is 0 Å². The molecule has 1 aliphatic carbocycles. The van der Waals surface area contributed by atoms with Crippen LogP contribution in [0.25, 0.3) is 5.82 Å². The van der Waals surface area contributed by atoms with Crippen LogP contribution in [0.2, 0.25) is 5.02 Å². The highest BCUT2D eigenvalue weighted by Gasteiger charge is 2.37. The first-order valence-corrected chi connectivity index (χ1v) is 12.7. The fourth-order valence-corrected chi connectivity index (χ4v) is 4.07. The number of nitrogens with zero attached hydrogens (tertiary/aromatic N) is 8. The highest BCUT2D eigenvalue weighted by molar-refractivity contribution is 6.32. The number of nitriles is 1. The fraction of sp³-hybridized carbons (Fsp3) is 0.280. The van der Waals surface area contributed by atoms with Crippen LogP contribution in [0.15, 0.2) is 36.5 Å². The van der Waals surface area contributed by atoms with Crippen LogP contribution >= 0.6 is 11.6 Å². The average molecular weight is 601 g/mol. The summed E-state index contributed by atoms with van der Waals surface area (Å²) in [7, 11) is 0. The maximum atomic E-state index is 13.6. The molecule has 0 unspecified atom stereocenters. The second-order valence-electron chi connectivity index (χ2n) is 9.35. The van der Waals surface area contributed by atoms with E-state index < -0.39 is 23.8 Å². The summed E-state index contributed by atoms with van der Waals surface area (Å²) in [5.41, 5.74) is 2.96. The second-order valence-corrected chi connectivity index (χ2v) is 9.76. The lowest BCUT2D eigenvalue weighted by atomic mass is 10.0. The van der Waals surface area contributed by atoms with Crippen molar-refractivity contribution in [3.8, 4) is 11.9 Å². The van der Waals surface area contributed by atoms with Crippen LogP contribution in [0.4, 0.5) is 18.9 Å². The normalized spacial score (nSPS) is 13.0. The van der Waals surface area contributed by atoms with E-state index in [9.17, 15) is 28.0 Å². The number of hydrogen-bond acceptors (Lipinski definition) is 9. The van der Waals surface area contributed by atoms with Crippen LogP contribution in [-0.2, 0) is 17.6 Å². The van der Waals surface area contributed by atoms with Gasteiger partial charge in [0.1, 0.15) is 12.2 Å². The highest BCUT2D eigenvalue weighted by atomic mass is 35.5. The Balaban J connectivity index is 1.48. The number of aryl methyl sites for hydroxylation is 1. The summed E-state index contributed by atoms with van der Waals surface area (Å²) in [6.07, 6.45) is -1.37. The Bertz CT molecular complexity index is 1710. The second kappa shape index (κ2) is 11.5. The molecule has 1 saturated carbocycles. The molecule has 0 bridgehead atoms. The minimum absolute atomic E-state index is 0.0238. The van der Waals surface area contributed by atoms with Crippen LogP contribution in [0, 0.1) is 24.2 Å². The molecule has 1 aliphatic rings. The molecule has 216 valence electrons. The Morgan fingerprint density at radius 2 is 2.00 bits per heavy atom. The number of amides is 2. The predicted molar refractivity (Wildman–Crippen MR) is 138 cm³/mol. The van der Waals surface area contributed by atoms with E-state index in [1.807, 2.05) is 6.07 Å². The van der Waals surface area contributed by atoms with E-state index >= 15 is 0 Å². The monoisotopic (exact) mass is 600 g/mol. The van der Waals surface area contributed by atoms with Crippen molar-refractivity contribution in [3.05, 3.63) is 75.5 Å².